The van der Waals surface area contributed by atoms with E-state index in [-0.39, 0.29) is 0 Å². The SMILES string of the molecule is C[As](C)CCSc1ccc(N)cc1. The first-order valence-electron chi connectivity index (χ1n) is 4.31. The molecule has 2 N–H and O–H groups in total. The summed E-state index contributed by atoms with van der Waals surface area (Å²) in [5.41, 5.74) is 11.3. The molecule has 0 amide bonds. The van der Waals surface area contributed by atoms with E-state index in [1.54, 1.807) is 0 Å². The van der Waals surface area contributed by atoms with Crippen LogP contribution in [0.15, 0.2) is 29.2 Å². The number of anilines is 1. The number of hydrogen-bond acceptors (Lipinski definition) is 2. The normalized spacial score (nSPS) is 10.7. The predicted molar refractivity (Wildman–Crippen MR) is 63.9 cm³/mol. The van der Waals surface area contributed by atoms with Crippen LogP contribution in [0.2, 0.25) is 16.6 Å². The van der Waals surface area contributed by atoms with E-state index in [0.717, 1.165) is 5.69 Å². The molecule has 0 aliphatic rings. The average Bonchev–Trinajstić information content (AvgIpc) is 2.08. The second-order valence-corrected chi connectivity index (χ2v) is 9.86. The van der Waals surface area contributed by atoms with Gasteiger partial charge in [-0.1, -0.05) is 0 Å². The summed E-state index contributed by atoms with van der Waals surface area (Å²) in [6.45, 7) is 0. The van der Waals surface area contributed by atoms with Gasteiger partial charge >= 0.3 is 89.4 Å². The Balaban J connectivity index is 2.33. The molecule has 13 heavy (non-hydrogen) atoms. The summed E-state index contributed by atoms with van der Waals surface area (Å²) in [7, 11) is 0. The molecule has 72 valence electrons. The Kier molecular flexibility index (Phi) is 4.75. The molecule has 0 aromatic heterocycles. The Bertz CT molecular complexity index is 246. The zero-order valence-corrected chi connectivity index (χ0v) is 10.8. The summed E-state index contributed by atoms with van der Waals surface area (Å²) in [5.74, 6) is 1.26. The van der Waals surface area contributed by atoms with Crippen molar-refractivity contribution in [3.8, 4) is 0 Å². The van der Waals surface area contributed by atoms with Gasteiger partial charge in [0.1, 0.15) is 0 Å². The minimum absolute atomic E-state index is 0.425. The molecule has 0 atom stereocenters. The van der Waals surface area contributed by atoms with Crippen molar-refractivity contribution < 1.29 is 0 Å². The number of hydrogen-bond donors (Lipinski definition) is 1. The molecule has 0 saturated carbocycles. The van der Waals surface area contributed by atoms with Gasteiger partial charge in [-0.2, -0.15) is 0 Å². The summed E-state index contributed by atoms with van der Waals surface area (Å²) in [6, 6.07) is 8.14. The van der Waals surface area contributed by atoms with Crippen molar-refractivity contribution in [1.82, 2.24) is 0 Å². The Morgan fingerprint density at radius 2 is 1.85 bits per heavy atom. The van der Waals surface area contributed by atoms with Gasteiger partial charge in [0.25, 0.3) is 0 Å². The average molecular weight is 257 g/mol. The second-order valence-electron chi connectivity index (χ2n) is 3.22. The van der Waals surface area contributed by atoms with Gasteiger partial charge in [0.05, 0.1) is 0 Å². The molecule has 1 rings (SSSR count). The monoisotopic (exact) mass is 257 g/mol. The topological polar surface area (TPSA) is 26.0 Å². The van der Waals surface area contributed by atoms with E-state index in [1.807, 2.05) is 23.9 Å². The summed E-state index contributed by atoms with van der Waals surface area (Å²) in [4.78, 5) is 1.34. The number of benzene rings is 1. The maximum atomic E-state index is 5.60. The van der Waals surface area contributed by atoms with Gasteiger partial charge in [-0.15, -0.1) is 0 Å². The summed E-state index contributed by atoms with van der Waals surface area (Å²) >= 11 is 1.51. The van der Waals surface area contributed by atoms with Crippen LogP contribution in [-0.4, -0.2) is 20.4 Å². The van der Waals surface area contributed by atoms with Gasteiger partial charge in [0.2, 0.25) is 0 Å². The van der Waals surface area contributed by atoms with Gasteiger partial charge in [-0.25, -0.2) is 0 Å². The van der Waals surface area contributed by atoms with E-state index >= 15 is 0 Å². The number of nitrogen functional groups attached to an aromatic ring is 1. The summed E-state index contributed by atoms with van der Waals surface area (Å²) in [6.07, 6.45) is 0. The minimum atomic E-state index is -0.425. The first-order chi connectivity index (χ1) is 6.18. The quantitative estimate of drug-likeness (QED) is 0.509. The molecule has 0 saturated heterocycles. The van der Waals surface area contributed by atoms with E-state index < -0.39 is 14.7 Å². The van der Waals surface area contributed by atoms with Crippen LogP contribution in [0, 0.1) is 0 Å². The standard InChI is InChI=1S/C10H16AsNS/c1-11(2)7-8-13-10-5-3-9(12)4-6-10/h3-6H,7-8,12H2,1-2H3. The number of rotatable bonds is 4. The van der Waals surface area contributed by atoms with Crippen LogP contribution >= 0.6 is 11.8 Å². The van der Waals surface area contributed by atoms with Crippen LogP contribution in [0.1, 0.15) is 0 Å². The van der Waals surface area contributed by atoms with Gasteiger partial charge in [-0.3, -0.25) is 0 Å². The second kappa shape index (κ2) is 5.62. The van der Waals surface area contributed by atoms with Crippen molar-refractivity contribution in [2.75, 3.05) is 11.5 Å². The zero-order chi connectivity index (χ0) is 9.68. The third-order valence-corrected chi connectivity index (χ3v) is 5.71. The van der Waals surface area contributed by atoms with Crippen molar-refractivity contribution in [2.45, 2.75) is 21.5 Å². The van der Waals surface area contributed by atoms with Crippen LogP contribution in [0.3, 0.4) is 0 Å². The van der Waals surface area contributed by atoms with E-state index in [0.29, 0.717) is 0 Å². The third-order valence-electron chi connectivity index (χ3n) is 1.69. The van der Waals surface area contributed by atoms with Crippen molar-refractivity contribution in [2.24, 2.45) is 0 Å². The fraction of sp³-hybridized carbons (Fsp3) is 0.400. The molecule has 3 heteroatoms. The van der Waals surface area contributed by atoms with E-state index in [9.17, 15) is 0 Å². The Labute approximate surface area is 89.4 Å². The van der Waals surface area contributed by atoms with Crippen LogP contribution in [0.25, 0.3) is 0 Å². The molecule has 0 unspecified atom stereocenters. The first kappa shape index (κ1) is 11.0. The van der Waals surface area contributed by atoms with Crippen LogP contribution in [0.4, 0.5) is 5.69 Å². The van der Waals surface area contributed by atoms with Crippen LogP contribution < -0.4 is 5.73 Å². The Morgan fingerprint density at radius 1 is 1.23 bits per heavy atom. The van der Waals surface area contributed by atoms with E-state index in [4.69, 9.17) is 5.73 Å². The molecule has 0 aliphatic carbocycles. The molecule has 0 fully saturated rings. The fourth-order valence-corrected chi connectivity index (χ4v) is 4.80. The van der Waals surface area contributed by atoms with Crippen molar-refractivity contribution >= 4 is 32.1 Å². The van der Waals surface area contributed by atoms with E-state index in [2.05, 4.69) is 23.6 Å². The zero-order valence-electron chi connectivity index (χ0n) is 8.16. The van der Waals surface area contributed by atoms with Gasteiger partial charge < -0.3 is 0 Å². The predicted octanol–water partition coefficient (Wildman–Crippen LogP) is 3.12. The van der Waals surface area contributed by atoms with Crippen molar-refractivity contribution in [3.63, 3.8) is 0 Å². The van der Waals surface area contributed by atoms with Crippen LogP contribution in [0.5, 0.6) is 0 Å². The molecule has 0 heterocycles. The maximum absolute atomic E-state index is 5.60. The number of thioether (sulfide) groups is 1. The Morgan fingerprint density at radius 3 is 2.38 bits per heavy atom. The first-order valence-corrected chi connectivity index (χ1v) is 10.4. The molecular weight excluding hydrogens is 241 g/mol. The summed E-state index contributed by atoms with van der Waals surface area (Å²) < 4.78 is 0. The van der Waals surface area contributed by atoms with Crippen molar-refractivity contribution in [3.05, 3.63) is 24.3 Å². The van der Waals surface area contributed by atoms with Gasteiger partial charge in [0, 0.05) is 0 Å². The molecule has 1 aromatic rings. The van der Waals surface area contributed by atoms with Crippen LogP contribution in [-0.2, 0) is 0 Å². The fourth-order valence-electron chi connectivity index (χ4n) is 0.910. The Hall–Kier alpha value is -0.0716. The van der Waals surface area contributed by atoms with Gasteiger partial charge in [-0.05, 0) is 0 Å². The number of nitrogens with two attached hydrogens (primary N) is 1. The molecule has 0 bridgehead atoms. The molecule has 0 radical (unpaired) electrons. The van der Waals surface area contributed by atoms with E-state index in [1.165, 1.54) is 15.9 Å². The molecule has 0 spiro atoms. The molecule has 1 aromatic carbocycles. The molecule has 0 aliphatic heterocycles. The summed E-state index contributed by atoms with van der Waals surface area (Å²) in [5, 5.41) is 1.42. The third kappa shape index (κ3) is 4.63. The van der Waals surface area contributed by atoms with Crippen molar-refractivity contribution in [1.29, 1.82) is 0 Å². The molecular formula is C10H16AsNS. The molecule has 1 nitrogen and oxygen atoms in total. The van der Waals surface area contributed by atoms with Gasteiger partial charge in [0.15, 0.2) is 0 Å².